The molecule has 0 spiro atoms. The second kappa shape index (κ2) is 9.16. The van der Waals surface area contributed by atoms with Gasteiger partial charge in [0, 0.05) is 5.56 Å². The van der Waals surface area contributed by atoms with Crippen molar-refractivity contribution in [1.82, 2.24) is 0 Å². The molecule has 3 aromatic rings. The molecule has 0 unspecified atom stereocenters. The summed E-state index contributed by atoms with van der Waals surface area (Å²) in [6.45, 7) is 0. The number of ether oxygens (including phenoxy) is 3. The highest BCUT2D eigenvalue weighted by molar-refractivity contribution is 6.39. The van der Waals surface area contributed by atoms with E-state index < -0.39 is 0 Å². The minimum atomic E-state index is -0.264. The maximum absolute atomic E-state index is 13.5. The molecule has 1 amide bonds. The van der Waals surface area contributed by atoms with Crippen LogP contribution < -0.4 is 19.1 Å². The zero-order chi connectivity index (χ0) is 22.7. The number of anilines is 1. The molecular weight excluding hydrogens is 428 g/mol. The third-order valence-electron chi connectivity index (χ3n) is 5.02. The van der Waals surface area contributed by atoms with Gasteiger partial charge in [-0.25, -0.2) is 4.99 Å². The van der Waals surface area contributed by atoms with Crippen molar-refractivity contribution in [1.29, 1.82) is 0 Å². The molecule has 0 radical (unpaired) electrons. The number of aliphatic imine (C=N–C) groups is 1. The number of methoxy groups -OCH3 is 3. The summed E-state index contributed by atoms with van der Waals surface area (Å²) in [6, 6.07) is 19.9. The van der Waals surface area contributed by atoms with E-state index in [0.29, 0.717) is 39.4 Å². The minimum Gasteiger partial charge on any atom is -0.497 e. The average Bonchev–Trinajstić information content (AvgIpc) is 3.14. The van der Waals surface area contributed by atoms with E-state index in [4.69, 9.17) is 25.8 Å². The maximum atomic E-state index is 13.5. The Bertz CT molecular complexity index is 1220. The third-order valence-corrected chi connectivity index (χ3v) is 5.35. The first-order valence-electron chi connectivity index (χ1n) is 9.81. The molecule has 0 saturated heterocycles. The number of hydrogen-bond acceptors (Lipinski definition) is 5. The number of benzene rings is 3. The van der Waals surface area contributed by atoms with E-state index in [1.165, 1.54) is 0 Å². The van der Waals surface area contributed by atoms with Crippen molar-refractivity contribution < 1.29 is 19.0 Å². The SMILES string of the molecule is COc1ccc(N2C(=O)/C(=C\c3ccc(OC)c(OC)c3)N=C2c2ccccc2Cl)cc1. The van der Waals surface area contributed by atoms with Crippen molar-refractivity contribution in [2.45, 2.75) is 0 Å². The van der Waals surface area contributed by atoms with Crippen LogP contribution in [0.1, 0.15) is 11.1 Å². The Morgan fingerprint density at radius 3 is 2.25 bits per heavy atom. The molecule has 0 bridgehead atoms. The minimum absolute atomic E-state index is 0.264. The van der Waals surface area contributed by atoms with E-state index in [1.807, 2.05) is 36.4 Å². The lowest BCUT2D eigenvalue weighted by Crippen LogP contribution is -2.32. The molecule has 1 heterocycles. The van der Waals surface area contributed by atoms with Gasteiger partial charge in [0.25, 0.3) is 5.91 Å². The average molecular weight is 449 g/mol. The van der Waals surface area contributed by atoms with Crippen molar-refractivity contribution in [3.05, 3.63) is 88.6 Å². The van der Waals surface area contributed by atoms with E-state index in [2.05, 4.69) is 4.99 Å². The molecule has 3 aromatic carbocycles. The Morgan fingerprint density at radius 1 is 0.875 bits per heavy atom. The first-order chi connectivity index (χ1) is 15.5. The summed E-state index contributed by atoms with van der Waals surface area (Å²) in [7, 11) is 4.73. The van der Waals surface area contributed by atoms with Crippen LogP contribution >= 0.6 is 11.6 Å². The van der Waals surface area contributed by atoms with Gasteiger partial charge in [0.1, 0.15) is 17.3 Å². The monoisotopic (exact) mass is 448 g/mol. The number of hydrogen-bond donors (Lipinski definition) is 0. The Hall–Kier alpha value is -3.77. The number of amides is 1. The van der Waals surface area contributed by atoms with E-state index in [9.17, 15) is 4.79 Å². The van der Waals surface area contributed by atoms with Crippen LogP contribution in [0.5, 0.6) is 17.2 Å². The van der Waals surface area contributed by atoms with Gasteiger partial charge in [-0.05, 0) is 60.2 Å². The zero-order valence-corrected chi connectivity index (χ0v) is 18.6. The molecule has 0 fully saturated rings. The predicted molar refractivity (Wildman–Crippen MR) is 126 cm³/mol. The van der Waals surface area contributed by atoms with E-state index in [0.717, 1.165) is 5.56 Å². The molecule has 0 atom stereocenters. The topological polar surface area (TPSA) is 60.4 Å². The van der Waals surface area contributed by atoms with Crippen LogP contribution in [0.3, 0.4) is 0 Å². The second-order valence-corrected chi connectivity index (χ2v) is 7.31. The molecule has 1 aliphatic rings. The number of amidine groups is 1. The van der Waals surface area contributed by atoms with E-state index >= 15 is 0 Å². The molecule has 0 saturated carbocycles. The summed E-state index contributed by atoms with van der Waals surface area (Å²) >= 11 is 6.44. The van der Waals surface area contributed by atoms with Crippen LogP contribution in [-0.2, 0) is 4.79 Å². The van der Waals surface area contributed by atoms with Gasteiger partial charge in [-0.15, -0.1) is 0 Å². The quantitative estimate of drug-likeness (QED) is 0.486. The lowest BCUT2D eigenvalue weighted by molar-refractivity contribution is -0.113. The third kappa shape index (κ3) is 4.05. The highest BCUT2D eigenvalue weighted by Gasteiger charge is 2.33. The molecule has 0 N–H and O–H groups in total. The number of carbonyl (C=O) groups excluding carboxylic acids is 1. The summed E-state index contributed by atoms with van der Waals surface area (Å²) < 4.78 is 15.9. The number of nitrogens with zero attached hydrogens (tertiary/aromatic N) is 2. The molecule has 6 nitrogen and oxygen atoms in total. The zero-order valence-electron chi connectivity index (χ0n) is 17.8. The number of carbonyl (C=O) groups is 1. The van der Waals surface area contributed by atoms with Gasteiger partial charge < -0.3 is 14.2 Å². The van der Waals surface area contributed by atoms with Crippen molar-refractivity contribution in [2.75, 3.05) is 26.2 Å². The molecule has 4 rings (SSSR count). The van der Waals surface area contributed by atoms with Gasteiger partial charge >= 0.3 is 0 Å². The summed E-state index contributed by atoms with van der Waals surface area (Å²) in [6.07, 6.45) is 1.71. The van der Waals surface area contributed by atoms with Crippen molar-refractivity contribution in [2.24, 2.45) is 4.99 Å². The first-order valence-corrected chi connectivity index (χ1v) is 10.2. The standard InChI is InChI=1S/C25H21ClN2O4/c1-30-18-11-9-17(10-12-18)28-24(19-6-4-5-7-20(19)26)27-21(25(28)29)14-16-8-13-22(31-2)23(15-16)32-3/h4-15H,1-3H3/b21-14+. The molecular formula is C25H21ClN2O4. The summed E-state index contributed by atoms with van der Waals surface area (Å²) in [5, 5.41) is 0.505. The van der Waals surface area contributed by atoms with Crippen LogP contribution in [0, 0.1) is 0 Å². The van der Waals surface area contributed by atoms with Gasteiger partial charge in [0.15, 0.2) is 11.5 Å². The van der Waals surface area contributed by atoms with Gasteiger partial charge in [0.05, 0.1) is 32.0 Å². The summed E-state index contributed by atoms with van der Waals surface area (Å²) in [5.41, 5.74) is 2.35. The smallest absolute Gasteiger partial charge is 0.282 e. The Balaban J connectivity index is 1.81. The van der Waals surface area contributed by atoms with Gasteiger partial charge in [-0.2, -0.15) is 0 Å². The Labute approximate surface area is 191 Å². The van der Waals surface area contributed by atoms with Crippen molar-refractivity contribution >= 4 is 35.1 Å². The van der Waals surface area contributed by atoms with E-state index in [1.54, 1.807) is 62.6 Å². The Kier molecular flexibility index (Phi) is 6.14. The van der Waals surface area contributed by atoms with Gasteiger partial charge in [-0.1, -0.05) is 29.8 Å². The molecule has 162 valence electrons. The summed E-state index contributed by atoms with van der Waals surface area (Å²) in [4.78, 5) is 19.7. The molecule has 0 aromatic heterocycles. The predicted octanol–water partition coefficient (Wildman–Crippen LogP) is 5.20. The number of halogens is 1. The first kappa shape index (κ1) is 21.5. The lowest BCUT2D eigenvalue weighted by atomic mass is 10.1. The fourth-order valence-corrected chi connectivity index (χ4v) is 3.63. The fraction of sp³-hybridized carbons (Fsp3) is 0.120. The normalized spacial score (nSPS) is 14.5. The fourth-order valence-electron chi connectivity index (χ4n) is 3.41. The van der Waals surface area contributed by atoms with Crippen LogP contribution in [0.4, 0.5) is 5.69 Å². The molecule has 32 heavy (non-hydrogen) atoms. The lowest BCUT2D eigenvalue weighted by Gasteiger charge is -2.19. The second-order valence-electron chi connectivity index (χ2n) is 6.90. The van der Waals surface area contributed by atoms with Crippen LogP contribution in [0.15, 0.2) is 77.4 Å². The van der Waals surface area contributed by atoms with Crippen LogP contribution in [0.2, 0.25) is 5.02 Å². The largest absolute Gasteiger partial charge is 0.497 e. The maximum Gasteiger partial charge on any atom is 0.282 e. The van der Waals surface area contributed by atoms with Gasteiger partial charge in [0.2, 0.25) is 0 Å². The number of rotatable bonds is 6. The Morgan fingerprint density at radius 2 is 1.59 bits per heavy atom. The molecule has 0 aliphatic carbocycles. The van der Waals surface area contributed by atoms with Crippen molar-refractivity contribution in [3.8, 4) is 17.2 Å². The van der Waals surface area contributed by atoms with Crippen LogP contribution in [-0.4, -0.2) is 33.1 Å². The molecule has 7 heteroatoms. The van der Waals surface area contributed by atoms with Crippen LogP contribution in [0.25, 0.3) is 6.08 Å². The molecule has 1 aliphatic heterocycles. The highest BCUT2D eigenvalue weighted by atomic mass is 35.5. The highest BCUT2D eigenvalue weighted by Crippen LogP contribution is 2.33. The van der Waals surface area contributed by atoms with E-state index in [-0.39, 0.29) is 11.6 Å². The summed E-state index contributed by atoms with van der Waals surface area (Å²) in [5.74, 6) is 2.05. The van der Waals surface area contributed by atoms with Crippen molar-refractivity contribution in [3.63, 3.8) is 0 Å². The van der Waals surface area contributed by atoms with Gasteiger partial charge in [-0.3, -0.25) is 9.69 Å².